The summed E-state index contributed by atoms with van der Waals surface area (Å²) in [4.78, 5) is 33.3. The van der Waals surface area contributed by atoms with E-state index in [1.54, 1.807) is 15.5 Å². The lowest BCUT2D eigenvalue weighted by atomic mass is 9.93. The molecule has 1 unspecified atom stereocenters. The van der Waals surface area contributed by atoms with Crippen LogP contribution in [0.25, 0.3) is 16.6 Å². The van der Waals surface area contributed by atoms with Crippen LogP contribution in [0, 0.1) is 12.3 Å². The Bertz CT molecular complexity index is 1120. The fraction of sp³-hybridized carbons (Fsp3) is 0.375. The molecule has 1 atom stereocenters. The van der Waals surface area contributed by atoms with Gasteiger partial charge in [-0.25, -0.2) is 4.98 Å². The van der Waals surface area contributed by atoms with Gasteiger partial charge in [-0.2, -0.15) is 0 Å². The number of benzene rings is 2. The van der Waals surface area contributed by atoms with E-state index in [1.807, 2.05) is 77.1 Å². The molecule has 0 saturated heterocycles. The number of hydrogen-bond donors (Lipinski definition) is 0. The third-order valence-electron chi connectivity index (χ3n) is 5.45. The largest absolute Gasteiger partial charge is 0.333 e. The highest BCUT2D eigenvalue weighted by molar-refractivity contribution is 6.19. The SMILES string of the molecule is CCN(C(=O)C(C)(C)CCl)C(C)c1nc2ccccc2c(=O)n1-c1ccc(C)cc1. The van der Waals surface area contributed by atoms with Crippen LogP contribution in [0.1, 0.15) is 45.1 Å². The van der Waals surface area contributed by atoms with Gasteiger partial charge >= 0.3 is 0 Å². The fourth-order valence-corrected chi connectivity index (χ4v) is 3.67. The Morgan fingerprint density at radius 1 is 1.17 bits per heavy atom. The predicted molar refractivity (Wildman–Crippen MR) is 122 cm³/mol. The van der Waals surface area contributed by atoms with Crippen LogP contribution in [0.2, 0.25) is 0 Å². The number of carbonyl (C=O) groups excluding carboxylic acids is 1. The van der Waals surface area contributed by atoms with E-state index in [-0.39, 0.29) is 17.3 Å². The number of alkyl halides is 1. The molecule has 0 fully saturated rings. The molecule has 1 heterocycles. The first kappa shape index (κ1) is 22.0. The monoisotopic (exact) mass is 425 g/mol. The van der Waals surface area contributed by atoms with Gasteiger partial charge in [-0.1, -0.05) is 29.8 Å². The van der Waals surface area contributed by atoms with Crippen LogP contribution in [0.3, 0.4) is 0 Å². The van der Waals surface area contributed by atoms with E-state index in [9.17, 15) is 9.59 Å². The predicted octanol–water partition coefficient (Wildman–Crippen LogP) is 4.87. The van der Waals surface area contributed by atoms with Crippen LogP contribution in [0.15, 0.2) is 53.3 Å². The van der Waals surface area contributed by atoms with Crippen molar-refractivity contribution in [3.8, 4) is 5.69 Å². The fourth-order valence-electron chi connectivity index (χ4n) is 3.55. The van der Waals surface area contributed by atoms with Crippen molar-refractivity contribution in [1.82, 2.24) is 14.5 Å². The number of fused-ring (bicyclic) bond motifs is 1. The summed E-state index contributed by atoms with van der Waals surface area (Å²) < 4.78 is 1.62. The molecule has 5 nitrogen and oxygen atoms in total. The van der Waals surface area contributed by atoms with Gasteiger partial charge in [0.05, 0.1) is 28.0 Å². The average Bonchev–Trinajstić information content (AvgIpc) is 2.74. The number of hydrogen-bond acceptors (Lipinski definition) is 3. The van der Waals surface area contributed by atoms with E-state index in [4.69, 9.17) is 16.6 Å². The molecule has 6 heteroatoms. The minimum atomic E-state index is -0.711. The third-order valence-corrected chi connectivity index (χ3v) is 6.12. The molecule has 3 aromatic rings. The van der Waals surface area contributed by atoms with Crippen LogP contribution in [-0.2, 0) is 4.79 Å². The normalized spacial score (nSPS) is 12.7. The molecule has 0 bridgehead atoms. The summed E-state index contributed by atoms with van der Waals surface area (Å²) >= 11 is 6.07. The summed E-state index contributed by atoms with van der Waals surface area (Å²) in [6.45, 7) is 9.98. The van der Waals surface area contributed by atoms with Gasteiger partial charge < -0.3 is 4.90 Å². The van der Waals surface area contributed by atoms with Gasteiger partial charge in [0.2, 0.25) is 5.91 Å². The maximum Gasteiger partial charge on any atom is 0.266 e. The van der Waals surface area contributed by atoms with Gasteiger partial charge in [0.1, 0.15) is 5.82 Å². The van der Waals surface area contributed by atoms with Crippen LogP contribution >= 0.6 is 11.6 Å². The summed E-state index contributed by atoms with van der Waals surface area (Å²) in [6.07, 6.45) is 0. The van der Waals surface area contributed by atoms with Crippen molar-refractivity contribution in [2.75, 3.05) is 12.4 Å². The first-order chi connectivity index (χ1) is 14.2. The summed E-state index contributed by atoms with van der Waals surface area (Å²) in [6, 6.07) is 14.6. The second-order valence-corrected chi connectivity index (χ2v) is 8.52. The van der Waals surface area contributed by atoms with Crippen LogP contribution < -0.4 is 5.56 Å². The summed E-state index contributed by atoms with van der Waals surface area (Å²) in [5.74, 6) is 0.679. The number of amides is 1. The molecule has 1 aromatic heterocycles. The quantitative estimate of drug-likeness (QED) is 0.529. The first-order valence-electron chi connectivity index (χ1n) is 10.2. The van der Waals surface area contributed by atoms with Crippen molar-refractivity contribution in [1.29, 1.82) is 0 Å². The molecular weight excluding hydrogens is 398 g/mol. The molecule has 3 rings (SSSR count). The van der Waals surface area contributed by atoms with Gasteiger partial charge in [0.25, 0.3) is 5.56 Å². The Kier molecular flexibility index (Phi) is 6.32. The zero-order valence-corrected chi connectivity index (χ0v) is 18.9. The van der Waals surface area contributed by atoms with Gasteiger partial charge in [0, 0.05) is 12.4 Å². The molecule has 158 valence electrons. The number of rotatable bonds is 6. The van der Waals surface area contributed by atoms with Crippen molar-refractivity contribution < 1.29 is 4.79 Å². The van der Waals surface area contributed by atoms with Crippen LogP contribution in [0.5, 0.6) is 0 Å². The second-order valence-electron chi connectivity index (χ2n) is 8.25. The van der Waals surface area contributed by atoms with Gasteiger partial charge in [-0.3, -0.25) is 14.2 Å². The topological polar surface area (TPSA) is 55.2 Å². The third kappa shape index (κ3) is 3.99. The van der Waals surface area contributed by atoms with Gasteiger partial charge in [0.15, 0.2) is 0 Å². The van der Waals surface area contributed by atoms with E-state index < -0.39 is 11.5 Å². The molecule has 0 N–H and O–H groups in total. The van der Waals surface area contributed by atoms with E-state index in [0.717, 1.165) is 11.3 Å². The smallest absolute Gasteiger partial charge is 0.266 e. The Morgan fingerprint density at radius 3 is 2.40 bits per heavy atom. The van der Waals surface area contributed by atoms with Gasteiger partial charge in [-0.05, 0) is 58.9 Å². The van der Waals surface area contributed by atoms with Crippen molar-refractivity contribution in [3.63, 3.8) is 0 Å². The zero-order valence-electron chi connectivity index (χ0n) is 18.1. The van der Waals surface area contributed by atoms with E-state index in [1.165, 1.54) is 0 Å². The lowest BCUT2D eigenvalue weighted by Crippen LogP contribution is -2.44. The maximum absolute atomic E-state index is 13.5. The maximum atomic E-state index is 13.5. The number of nitrogens with zero attached hydrogens (tertiary/aromatic N) is 3. The van der Waals surface area contributed by atoms with Crippen molar-refractivity contribution >= 4 is 28.4 Å². The lowest BCUT2D eigenvalue weighted by molar-refractivity contribution is -0.141. The molecule has 1 amide bonds. The average molecular weight is 426 g/mol. The Hall–Kier alpha value is -2.66. The van der Waals surface area contributed by atoms with E-state index in [0.29, 0.717) is 23.3 Å². The number of aryl methyl sites for hydroxylation is 1. The van der Waals surface area contributed by atoms with Crippen molar-refractivity contribution in [2.45, 2.75) is 40.7 Å². The number of halogens is 1. The molecule has 30 heavy (non-hydrogen) atoms. The highest BCUT2D eigenvalue weighted by atomic mass is 35.5. The summed E-state index contributed by atoms with van der Waals surface area (Å²) in [5.41, 5.74) is 1.59. The van der Waals surface area contributed by atoms with E-state index in [2.05, 4.69) is 0 Å². The highest BCUT2D eigenvalue weighted by Crippen LogP contribution is 2.28. The molecule has 0 aliphatic heterocycles. The number of carbonyl (C=O) groups is 1. The van der Waals surface area contributed by atoms with Crippen molar-refractivity contribution in [2.24, 2.45) is 5.41 Å². The van der Waals surface area contributed by atoms with Crippen LogP contribution in [-0.4, -0.2) is 32.8 Å². The lowest BCUT2D eigenvalue weighted by Gasteiger charge is -2.35. The number of aromatic nitrogens is 2. The standard InChI is InChI=1S/C24H28ClN3O2/c1-6-27(23(30)24(4,5)15-25)17(3)21-26-20-10-8-7-9-19(20)22(29)28(21)18-13-11-16(2)12-14-18/h7-14,17H,6,15H2,1-5H3. The molecule has 0 aliphatic carbocycles. The molecule has 0 saturated carbocycles. The Labute approximate surface area is 182 Å². The second kappa shape index (κ2) is 8.60. The minimum Gasteiger partial charge on any atom is -0.333 e. The summed E-state index contributed by atoms with van der Waals surface area (Å²) in [5, 5.41) is 0.546. The molecule has 0 aliphatic rings. The highest BCUT2D eigenvalue weighted by Gasteiger charge is 2.35. The first-order valence-corrected chi connectivity index (χ1v) is 10.7. The zero-order chi connectivity index (χ0) is 22.1. The number of para-hydroxylation sites is 1. The van der Waals surface area contributed by atoms with Crippen molar-refractivity contribution in [3.05, 3.63) is 70.3 Å². The Morgan fingerprint density at radius 2 is 1.80 bits per heavy atom. The molecule has 0 spiro atoms. The minimum absolute atomic E-state index is 0.0645. The van der Waals surface area contributed by atoms with Gasteiger partial charge in [-0.15, -0.1) is 11.6 Å². The molecule has 0 radical (unpaired) electrons. The Balaban J connectivity index is 2.25. The van der Waals surface area contributed by atoms with Crippen LogP contribution in [0.4, 0.5) is 0 Å². The molecular formula is C24H28ClN3O2. The molecule has 2 aromatic carbocycles. The van der Waals surface area contributed by atoms with E-state index >= 15 is 0 Å². The summed E-state index contributed by atoms with van der Waals surface area (Å²) in [7, 11) is 0.